The molecule has 0 unspecified atom stereocenters. The lowest BCUT2D eigenvalue weighted by molar-refractivity contribution is -0.139. The van der Waals surface area contributed by atoms with Crippen LogP contribution in [0.5, 0.6) is 11.5 Å². The zero-order valence-electron chi connectivity index (χ0n) is 22.6. The van der Waals surface area contributed by atoms with Crippen LogP contribution in [0, 0.1) is 0 Å². The van der Waals surface area contributed by atoms with Crippen molar-refractivity contribution in [2.24, 2.45) is 0 Å². The van der Waals surface area contributed by atoms with E-state index in [0.29, 0.717) is 22.1 Å². The van der Waals surface area contributed by atoms with E-state index in [0.717, 1.165) is 4.31 Å². The molecule has 0 aliphatic carbocycles. The number of rotatable bonds is 11. The van der Waals surface area contributed by atoms with Gasteiger partial charge in [0.05, 0.1) is 10.6 Å². The number of likely N-dealkylation sites (N-methyl/N-ethyl adjacent to an activating group) is 1. The Bertz CT molecular complexity index is 1580. The summed E-state index contributed by atoms with van der Waals surface area (Å²) in [5, 5.41) is 3.04. The van der Waals surface area contributed by atoms with Gasteiger partial charge in [0.25, 0.3) is 10.0 Å². The minimum atomic E-state index is -4.16. The largest absolute Gasteiger partial charge is 0.457 e. The van der Waals surface area contributed by atoms with Crippen molar-refractivity contribution < 1.29 is 22.7 Å². The first-order chi connectivity index (χ1) is 19.7. The molecule has 8 nitrogen and oxygen atoms in total. The summed E-state index contributed by atoms with van der Waals surface area (Å²) in [4.78, 5) is 27.8. The lowest BCUT2D eigenvalue weighted by atomic mass is 10.1. The van der Waals surface area contributed by atoms with E-state index in [1.54, 1.807) is 85.8 Å². The van der Waals surface area contributed by atoms with Crippen molar-refractivity contribution in [2.45, 2.75) is 24.4 Å². The Morgan fingerprint density at radius 3 is 2.07 bits per heavy atom. The Hall–Kier alpha value is -4.34. The standard InChI is InChI=1S/C31H30ClN3O5S/c1-23(31(37)33-2)34(21-24-10-9-11-25(32)20-24)30(36)22-35(41(38,39)29-14-7-4-8-15-29)26-16-18-28(19-17-26)40-27-12-5-3-6-13-27/h3-20,23H,21-22H2,1-2H3,(H,33,37)/t23-/m0/s1. The number of para-hydroxylation sites is 1. The van der Waals surface area contributed by atoms with Gasteiger partial charge < -0.3 is 15.0 Å². The van der Waals surface area contributed by atoms with Crippen LogP contribution in [0.2, 0.25) is 5.02 Å². The number of sulfonamides is 1. The number of anilines is 1. The number of ether oxygens (including phenoxy) is 1. The van der Waals surface area contributed by atoms with Crippen molar-refractivity contribution in [3.8, 4) is 11.5 Å². The highest BCUT2D eigenvalue weighted by Crippen LogP contribution is 2.28. The molecule has 0 bridgehead atoms. The summed E-state index contributed by atoms with van der Waals surface area (Å²) in [5.41, 5.74) is 0.958. The summed E-state index contributed by atoms with van der Waals surface area (Å²) >= 11 is 6.15. The molecule has 0 radical (unpaired) electrons. The molecule has 41 heavy (non-hydrogen) atoms. The molecule has 0 saturated carbocycles. The van der Waals surface area contributed by atoms with Crippen molar-refractivity contribution in [3.05, 3.63) is 120 Å². The summed E-state index contributed by atoms with van der Waals surface area (Å²) in [5.74, 6) is 0.175. The van der Waals surface area contributed by atoms with Crippen LogP contribution in [-0.2, 0) is 26.2 Å². The molecule has 0 heterocycles. The van der Waals surface area contributed by atoms with Gasteiger partial charge in [0.1, 0.15) is 24.1 Å². The van der Waals surface area contributed by atoms with Gasteiger partial charge in [-0.1, -0.05) is 60.1 Å². The van der Waals surface area contributed by atoms with Crippen molar-refractivity contribution in [1.82, 2.24) is 10.2 Å². The highest BCUT2D eigenvalue weighted by Gasteiger charge is 2.32. The van der Waals surface area contributed by atoms with Gasteiger partial charge in [-0.05, 0) is 73.2 Å². The SMILES string of the molecule is CNC(=O)[C@H](C)N(Cc1cccc(Cl)c1)C(=O)CN(c1ccc(Oc2ccccc2)cc1)S(=O)(=O)c1ccccc1. The molecule has 2 amide bonds. The second-order valence-electron chi connectivity index (χ2n) is 9.18. The second-order valence-corrected chi connectivity index (χ2v) is 11.5. The van der Waals surface area contributed by atoms with Crippen LogP contribution < -0.4 is 14.4 Å². The molecule has 0 saturated heterocycles. The van der Waals surface area contributed by atoms with Gasteiger partial charge in [0, 0.05) is 18.6 Å². The Morgan fingerprint density at radius 1 is 0.854 bits per heavy atom. The second kappa shape index (κ2) is 13.3. The average molecular weight is 592 g/mol. The quantitative estimate of drug-likeness (QED) is 0.249. The third kappa shape index (κ3) is 7.45. The minimum absolute atomic E-state index is 0.0261. The summed E-state index contributed by atoms with van der Waals surface area (Å²) < 4.78 is 34.6. The molecular formula is C31H30ClN3O5S. The first kappa shape index (κ1) is 29.6. The van der Waals surface area contributed by atoms with E-state index in [1.165, 1.54) is 24.1 Å². The highest BCUT2D eigenvalue weighted by atomic mass is 35.5. The smallest absolute Gasteiger partial charge is 0.264 e. The third-order valence-electron chi connectivity index (χ3n) is 6.37. The minimum Gasteiger partial charge on any atom is -0.457 e. The van der Waals surface area contributed by atoms with Crippen LogP contribution in [-0.4, -0.2) is 44.8 Å². The Kier molecular flexibility index (Phi) is 9.65. The number of halogens is 1. The molecule has 1 atom stereocenters. The van der Waals surface area contributed by atoms with Crippen LogP contribution in [0.25, 0.3) is 0 Å². The van der Waals surface area contributed by atoms with E-state index in [2.05, 4.69) is 5.32 Å². The van der Waals surface area contributed by atoms with Crippen LogP contribution in [0.15, 0.2) is 114 Å². The van der Waals surface area contributed by atoms with Crippen molar-refractivity contribution in [3.63, 3.8) is 0 Å². The summed E-state index contributed by atoms with van der Waals surface area (Å²) in [7, 11) is -2.68. The summed E-state index contributed by atoms with van der Waals surface area (Å²) in [6.07, 6.45) is 0. The van der Waals surface area contributed by atoms with Crippen LogP contribution in [0.4, 0.5) is 5.69 Å². The van der Waals surface area contributed by atoms with Crippen molar-refractivity contribution >= 4 is 39.1 Å². The molecule has 4 aromatic carbocycles. The Morgan fingerprint density at radius 2 is 1.46 bits per heavy atom. The Balaban J connectivity index is 1.69. The highest BCUT2D eigenvalue weighted by molar-refractivity contribution is 7.92. The first-order valence-electron chi connectivity index (χ1n) is 12.9. The van der Waals surface area contributed by atoms with Crippen molar-refractivity contribution in [2.75, 3.05) is 17.9 Å². The van der Waals surface area contributed by atoms with E-state index in [9.17, 15) is 18.0 Å². The monoisotopic (exact) mass is 591 g/mol. The van der Waals surface area contributed by atoms with Crippen LogP contribution in [0.3, 0.4) is 0 Å². The molecule has 0 aliphatic rings. The fraction of sp³-hybridized carbons (Fsp3) is 0.161. The molecule has 4 rings (SSSR count). The number of nitrogens with zero attached hydrogens (tertiary/aromatic N) is 2. The molecule has 1 N–H and O–H groups in total. The maximum absolute atomic E-state index is 13.9. The molecule has 0 spiro atoms. The maximum Gasteiger partial charge on any atom is 0.264 e. The van der Waals surface area contributed by atoms with E-state index in [4.69, 9.17) is 16.3 Å². The predicted molar refractivity (Wildman–Crippen MR) is 159 cm³/mol. The fourth-order valence-electron chi connectivity index (χ4n) is 4.18. The van der Waals surface area contributed by atoms with Gasteiger partial charge in [0.15, 0.2) is 0 Å². The summed E-state index contributed by atoms with van der Waals surface area (Å²) in [6.45, 7) is 1.10. The number of carbonyl (C=O) groups excluding carboxylic acids is 2. The average Bonchev–Trinajstić information content (AvgIpc) is 2.99. The molecule has 10 heteroatoms. The van der Waals surface area contributed by atoms with E-state index in [1.807, 2.05) is 18.2 Å². The summed E-state index contributed by atoms with van der Waals surface area (Å²) in [6, 6.07) is 29.5. The lowest BCUT2D eigenvalue weighted by Crippen LogP contribution is -2.50. The molecule has 212 valence electrons. The van der Waals surface area contributed by atoms with Crippen molar-refractivity contribution in [1.29, 1.82) is 0 Å². The number of hydrogen-bond acceptors (Lipinski definition) is 5. The number of carbonyl (C=O) groups is 2. The normalized spacial score (nSPS) is 11.8. The zero-order valence-corrected chi connectivity index (χ0v) is 24.2. The number of benzene rings is 4. The zero-order chi connectivity index (χ0) is 29.4. The van der Waals surface area contributed by atoms with Gasteiger partial charge in [0.2, 0.25) is 11.8 Å². The first-order valence-corrected chi connectivity index (χ1v) is 14.7. The van der Waals surface area contributed by atoms with Gasteiger partial charge in [-0.25, -0.2) is 8.42 Å². The molecular weight excluding hydrogens is 562 g/mol. The Labute approximate surface area is 245 Å². The molecule has 4 aromatic rings. The topological polar surface area (TPSA) is 96.0 Å². The molecule has 0 aliphatic heterocycles. The number of nitrogens with one attached hydrogen (secondary N) is 1. The number of hydrogen-bond donors (Lipinski definition) is 1. The van der Waals surface area contributed by atoms with Gasteiger partial charge in [-0.2, -0.15) is 0 Å². The molecule has 0 aromatic heterocycles. The van der Waals surface area contributed by atoms with E-state index >= 15 is 0 Å². The van der Waals surface area contributed by atoms with Gasteiger partial charge in [-0.15, -0.1) is 0 Å². The van der Waals surface area contributed by atoms with Gasteiger partial charge >= 0.3 is 0 Å². The van der Waals surface area contributed by atoms with E-state index in [-0.39, 0.29) is 23.0 Å². The van der Waals surface area contributed by atoms with Gasteiger partial charge in [-0.3, -0.25) is 13.9 Å². The fourth-order valence-corrected chi connectivity index (χ4v) is 5.83. The predicted octanol–water partition coefficient (Wildman–Crippen LogP) is 5.49. The third-order valence-corrected chi connectivity index (χ3v) is 8.39. The van der Waals surface area contributed by atoms with Crippen LogP contribution in [0.1, 0.15) is 12.5 Å². The molecule has 0 fully saturated rings. The number of amides is 2. The maximum atomic E-state index is 13.9. The van der Waals surface area contributed by atoms with Crippen LogP contribution >= 0.6 is 11.6 Å². The van der Waals surface area contributed by atoms with E-state index < -0.39 is 28.5 Å². The lowest BCUT2D eigenvalue weighted by Gasteiger charge is -2.31.